The van der Waals surface area contributed by atoms with Gasteiger partial charge in [-0.15, -0.1) is 0 Å². The Hall–Kier alpha value is -2.97. The fourth-order valence-corrected chi connectivity index (χ4v) is 2.99. The van der Waals surface area contributed by atoms with E-state index in [4.69, 9.17) is 25.4 Å². The number of benzene rings is 2. The summed E-state index contributed by atoms with van der Waals surface area (Å²) in [4.78, 5) is 21.3. The van der Waals surface area contributed by atoms with E-state index in [1.807, 2.05) is 36.4 Å². The maximum absolute atomic E-state index is 9.55. The van der Waals surface area contributed by atoms with Crippen molar-refractivity contribution in [2.45, 2.75) is 16.3 Å². The van der Waals surface area contributed by atoms with E-state index in [9.17, 15) is 9.59 Å². The van der Waals surface area contributed by atoms with Gasteiger partial charge in [0, 0.05) is 23.6 Å². The molecule has 4 N–H and O–H groups in total. The summed E-state index contributed by atoms with van der Waals surface area (Å²) < 4.78 is 10.6. The fraction of sp³-hybridized carbons (Fsp3) is 0.158. The van der Waals surface area contributed by atoms with Crippen molar-refractivity contribution in [1.29, 1.82) is 0 Å². The second-order valence-corrected chi connectivity index (χ2v) is 6.02. The maximum atomic E-state index is 9.55. The molecule has 0 atom stereocenters. The second-order valence-electron chi connectivity index (χ2n) is 4.94. The first-order chi connectivity index (χ1) is 12.9. The summed E-state index contributed by atoms with van der Waals surface area (Å²) in [7, 11) is 3.32. The molecule has 0 aliphatic heterocycles. The van der Waals surface area contributed by atoms with Crippen molar-refractivity contribution < 1.29 is 29.3 Å². The van der Waals surface area contributed by atoms with Gasteiger partial charge in [-0.1, -0.05) is 30.0 Å². The first kappa shape index (κ1) is 22.1. The molecule has 144 valence electrons. The number of methoxy groups -OCH3 is 2. The first-order valence-corrected chi connectivity index (χ1v) is 8.54. The van der Waals surface area contributed by atoms with E-state index in [0.29, 0.717) is 18.7 Å². The van der Waals surface area contributed by atoms with Crippen LogP contribution in [-0.2, 0) is 16.1 Å². The average molecular weight is 391 g/mol. The van der Waals surface area contributed by atoms with Gasteiger partial charge >= 0.3 is 11.9 Å². The van der Waals surface area contributed by atoms with Gasteiger partial charge in [-0.25, -0.2) is 9.59 Å². The molecule has 2 aromatic rings. The highest BCUT2D eigenvalue weighted by Crippen LogP contribution is 2.38. The molecule has 0 spiro atoms. The second kappa shape index (κ2) is 11.6. The van der Waals surface area contributed by atoms with Crippen LogP contribution in [0.4, 0.5) is 0 Å². The van der Waals surface area contributed by atoms with Crippen LogP contribution < -0.4 is 15.2 Å². The Morgan fingerprint density at radius 3 is 2.15 bits per heavy atom. The lowest BCUT2D eigenvalue weighted by Crippen LogP contribution is -1.98. The first-order valence-electron chi connectivity index (χ1n) is 7.73. The maximum Gasteiger partial charge on any atom is 0.328 e. The molecule has 0 saturated heterocycles. The number of carboxylic acid groups (broad SMARTS) is 2. The SMILES string of the molecule is COc1ccc(OC)c(Sc2ccccc2CN)c1.O=C(O)/C=C\C(=O)O. The van der Waals surface area contributed by atoms with Gasteiger partial charge in [-0.2, -0.15) is 0 Å². The summed E-state index contributed by atoms with van der Waals surface area (Å²) in [5.74, 6) is -0.869. The molecular formula is C19H21NO6S. The molecule has 0 fully saturated rings. The molecule has 0 amide bonds. The van der Waals surface area contributed by atoms with Crippen molar-refractivity contribution >= 4 is 23.7 Å². The summed E-state index contributed by atoms with van der Waals surface area (Å²) in [5.41, 5.74) is 6.88. The number of hydrogen-bond acceptors (Lipinski definition) is 6. The Bertz CT molecular complexity index is 791. The van der Waals surface area contributed by atoms with Crippen LogP contribution >= 0.6 is 11.8 Å². The molecule has 0 saturated carbocycles. The molecule has 2 aromatic carbocycles. The molecule has 0 unspecified atom stereocenters. The standard InChI is InChI=1S/C15H17NO2S.C4H4O4/c1-17-12-7-8-13(18-2)15(9-12)19-14-6-4-3-5-11(14)10-16;5-3(6)1-2-4(7)8/h3-9H,10,16H2,1-2H3;1-2H,(H,5,6)(H,7,8)/b;2-1-. The number of hydrogen-bond donors (Lipinski definition) is 3. The quantitative estimate of drug-likeness (QED) is 0.616. The Balaban J connectivity index is 0.000000387. The van der Waals surface area contributed by atoms with E-state index >= 15 is 0 Å². The van der Waals surface area contributed by atoms with Gasteiger partial charge < -0.3 is 25.4 Å². The van der Waals surface area contributed by atoms with E-state index in [1.54, 1.807) is 26.0 Å². The van der Waals surface area contributed by atoms with Crippen molar-refractivity contribution in [3.8, 4) is 11.5 Å². The van der Waals surface area contributed by atoms with Crippen molar-refractivity contribution in [3.63, 3.8) is 0 Å². The number of carboxylic acids is 2. The number of rotatable bonds is 7. The highest BCUT2D eigenvalue weighted by molar-refractivity contribution is 7.99. The third kappa shape index (κ3) is 7.85. The largest absolute Gasteiger partial charge is 0.497 e. The Morgan fingerprint density at radius 2 is 1.63 bits per heavy atom. The van der Waals surface area contributed by atoms with Crippen LogP contribution in [0.5, 0.6) is 11.5 Å². The molecule has 0 radical (unpaired) electrons. The zero-order chi connectivity index (χ0) is 20.2. The van der Waals surface area contributed by atoms with Crippen LogP contribution in [0.15, 0.2) is 64.4 Å². The third-order valence-corrected chi connectivity index (χ3v) is 4.31. The Morgan fingerprint density at radius 1 is 1.00 bits per heavy atom. The van der Waals surface area contributed by atoms with Gasteiger partial charge in [0.05, 0.1) is 19.1 Å². The van der Waals surface area contributed by atoms with Gasteiger partial charge in [0.15, 0.2) is 0 Å². The van der Waals surface area contributed by atoms with Crippen molar-refractivity contribution in [2.75, 3.05) is 14.2 Å². The van der Waals surface area contributed by atoms with E-state index in [2.05, 4.69) is 6.07 Å². The smallest absolute Gasteiger partial charge is 0.328 e. The minimum atomic E-state index is -1.26. The Kier molecular flexibility index (Phi) is 9.49. The molecule has 2 rings (SSSR count). The number of carbonyl (C=O) groups is 2. The van der Waals surface area contributed by atoms with E-state index < -0.39 is 11.9 Å². The van der Waals surface area contributed by atoms with Crippen molar-refractivity contribution in [2.24, 2.45) is 5.73 Å². The third-order valence-electron chi connectivity index (χ3n) is 3.15. The predicted molar refractivity (Wildman–Crippen MR) is 102 cm³/mol. The van der Waals surface area contributed by atoms with E-state index in [1.165, 1.54) is 0 Å². The monoisotopic (exact) mass is 391 g/mol. The van der Waals surface area contributed by atoms with Gasteiger partial charge in [0.1, 0.15) is 11.5 Å². The van der Waals surface area contributed by atoms with Gasteiger partial charge in [0.2, 0.25) is 0 Å². The molecular weight excluding hydrogens is 370 g/mol. The summed E-state index contributed by atoms with van der Waals surface area (Å²) >= 11 is 1.63. The summed E-state index contributed by atoms with van der Waals surface area (Å²) in [6.07, 6.45) is 1.12. The summed E-state index contributed by atoms with van der Waals surface area (Å²) in [6.45, 7) is 0.523. The van der Waals surface area contributed by atoms with Crippen molar-refractivity contribution in [3.05, 3.63) is 60.2 Å². The zero-order valence-electron chi connectivity index (χ0n) is 14.9. The molecule has 0 heterocycles. The number of ether oxygens (including phenoxy) is 2. The highest BCUT2D eigenvalue weighted by Gasteiger charge is 2.09. The zero-order valence-corrected chi connectivity index (χ0v) is 15.7. The molecule has 0 aliphatic rings. The van der Waals surface area contributed by atoms with Crippen LogP contribution in [0.1, 0.15) is 5.56 Å². The minimum Gasteiger partial charge on any atom is -0.497 e. The van der Waals surface area contributed by atoms with E-state index in [0.717, 1.165) is 26.9 Å². The van der Waals surface area contributed by atoms with Crippen LogP contribution in [0.2, 0.25) is 0 Å². The number of aliphatic carboxylic acids is 2. The van der Waals surface area contributed by atoms with Gasteiger partial charge in [-0.3, -0.25) is 0 Å². The molecule has 27 heavy (non-hydrogen) atoms. The van der Waals surface area contributed by atoms with Crippen molar-refractivity contribution in [1.82, 2.24) is 0 Å². The molecule has 7 nitrogen and oxygen atoms in total. The van der Waals surface area contributed by atoms with Crippen LogP contribution in [-0.4, -0.2) is 36.4 Å². The molecule has 0 aliphatic carbocycles. The minimum absolute atomic E-state index is 0.523. The van der Waals surface area contributed by atoms with Crippen LogP contribution in [0, 0.1) is 0 Å². The molecule has 0 bridgehead atoms. The predicted octanol–water partition coefficient (Wildman–Crippen LogP) is 3.03. The molecule has 0 aromatic heterocycles. The lowest BCUT2D eigenvalue weighted by Gasteiger charge is -2.12. The highest BCUT2D eigenvalue weighted by atomic mass is 32.2. The normalized spacial score (nSPS) is 10.0. The van der Waals surface area contributed by atoms with E-state index in [-0.39, 0.29) is 0 Å². The fourth-order valence-electron chi connectivity index (χ4n) is 1.90. The molecule has 8 heteroatoms. The average Bonchev–Trinajstić information content (AvgIpc) is 2.67. The lowest BCUT2D eigenvalue weighted by molar-refractivity contribution is -0.134. The van der Waals surface area contributed by atoms with Gasteiger partial charge in [0.25, 0.3) is 0 Å². The topological polar surface area (TPSA) is 119 Å². The summed E-state index contributed by atoms with van der Waals surface area (Å²) in [6, 6.07) is 13.9. The summed E-state index contributed by atoms with van der Waals surface area (Å²) in [5, 5.41) is 15.6. The number of nitrogens with two attached hydrogens (primary N) is 1. The lowest BCUT2D eigenvalue weighted by atomic mass is 10.2. The van der Waals surface area contributed by atoms with Gasteiger partial charge in [-0.05, 0) is 29.8 Å². The van der Waals surface area contributed by atoms with Crippen LogP contribution in [0.3, 0.4) is 0 Å². The van der Waals surface area contributed by atoms with Crippen LogP contribution in [0.25, 0.3) is 0 Å². The Labute approximate surface area is 161 Å².